The van der Waals surface area contributed by atoms with Gasteiger partial charge in [0.15, 0.2) is 0 Å². The summed E-state index contributed by atoms with van der Waals surface area (Å²) in [5, 5.41) is 3.02. The van der Waals surface area contributed by atoms with E-state index in [0.29, 0.717) is 12.5 Å². The van der Waals surface area contributed by atoms with E-state index in [0.717, 1.165) is 32.4 Å². The highest BCUT2D eigenvalue weighted by atomic mass is 32.2. The van der Waals surface area contributed by atoms with Crippen molar-refractivity contribution in [2.24, 2.45) is 5.92 Å². The van der Waals surface area contributed by atoms with Crippen molar-refractivity contribution in [2.75, 3.05) is 26.7 Å². The van der Waals surface area contributed by atoms with E-state index >= 15 is 0 Å². The van der Waals surface area contributed by atoms with Crippen LogP contribution in [-0.4, -0.2) is 44.7 Å². The summed E-state index contributed by atoms with van der Waals surface area (Å²) in [6, 6.07) is 0. The molecule has 1 aliphatic heterocycles. The van der Waals surface area contributed by atoms with E-state index in [9.17, 15) is 8.42 Å². The molecule has 1 N–H and O–H groups in total. The Kier molecular flexibility index (Phi) is 5.21. The SMILES string of the molecule is CC(C)CCN(C)S(=O)(=O)C1CCNCC1. The Bertz CT molecular complexity index is 295. The van der Waals surface area contributed by atoms with Crippen LogP contribution in [0.2, 0.25) is 0 Å². The summed E-state index contributed by atoms with van der Waals surface area (Å²) in [5.41, 5.74) is 0. The van der Waals surface area contributed by atoms with Gasteiger partial charge in [-0.2, -0.15) is 0 Å². The monoisotopic (exact) mass is 248 g/mol. The molecule has 0 bridgehead atoms. The third-order valence-electron chi connectivity index (χ3n) is 3.16. The second kappa shape index (κ2) is 5.98. The molecule has 1 fully saturated rings. The van der Waals surface area contributed by atoms with Gasteiger partial charge in [0.2, 0.25) is 10.0 Å². The van der Waals surface area contributed by atoms with Gasteiger partial charge in [-0.25, -0.2) is 12.7 Å². The Morgan fingerprint density at radius 3 is 2.38 bits per heavy atom. The fourth-order valence-electron chi connectivity index (χ4n) is 1.92. The first kappa shape index (κ1) is 13.9. The quantitative estimate of drug-likeness (QED) is 0.791. The standard InChI is InChI=1S/C11H24N2O2S/c1-10(2)6-9-13(3)16(14,15)11-4-7-12-8-5-11/h10-12H,4-9H2,1-3H3. The molecular formula is C11H24N2O2S. The molecule has 1 saturated heterocycles. The van der Waals surface area contributed by atoms with Gasteiger partial charge in [0.05, 0.1) is 5.25 Å². The Hall–Kier alpha value is -0.130. The Morgan fingerprint density at radius 1 is 1.31 bits per heavy atom. The summed E-state index contributed by atoms with van der Waals surface area (Å²) >= 11 is 0. The molecule has 0 spiro atoms. The Balaban J connectivity index is 2.54. The molecule has 0 amide bonds. The van der Waals surface area contributed by atoms with Crippen LogP contribution >= 0.6 is 0 Å². The number of hydrogen-bond donors (Lipinski definition) is 1. The molecule has 1 rings (SSSR count). The lowest BCUT2D eigenvalue weighted by Crippen LogP contribution is -2.42. The van der Waals surface area contributed by atoms with Crippen molar-refractivity contribution in [3.05, 3.63) is 0 Å². The summed E-state index contributed by atoms with van der Waals surface area (Å²) in [7, 11) is -1.36. The normalized spacial score (nSPS) is 19.6. The fourth-order valence-corrected chi connectivity index (χ4v) is 3.62. The molecule has 0 radical (unpaired) electrons. The molecule has 0 aromatic carbocycles. The second-order valence-electron chi connectivity index (χ2n) is 5.00. The van der Waals surface area contributed by atoms with Crippen molar-refractivity contribution in [1.29, 1.82) is 0 Å². The van der Waals surface area contributed by atoms with Gasteiger partial charge < -0.3 is 5.32 Å². The largest absolute Gasteiger partial charge is 0.317 e. The van der Waals surface area contributed by atoms with Gasteiger partial charge >= 0.3 is 0 Å². The molecule has 1 aliphatic rings. The van der Waals surface area contributed by atoms with E-state index in [-0.39, 0.29) is 5.25 Å². The highest BCUT2D eigenvalue weighted by Crippen LogP contribution is 2.17. The van der Waals surface area contributed by atoms with Gasteiger partial charge in [-0.1, -0.05) is 13.8 Å². The third-order valence-corrected chi connectivity index (χ3v) is 5.53. The Labute approximate surface area is 99.5 Å². The third kappa shape index (κ3) is 3.71. The van der Waals surface area contributed by atoms with Crippen molar-refractivity contribution in [3.63, 3.8) is 0 Å². The molecule has 0 aliphatic carbocycles. The topological polar surface area (TPSA) is 49.4 Å². The molecule has 0 aromatic heterocycles. The number of sulfonamides is 1. The predicted octanol–water partition coefficient (Wildman–Crippen LogP) is 1.05. The van der Waals surface area contributed by atoms with E-state index in [1.165, 1.54) is 0 Å². The molecule has 4 nitrogen and oxygen atoms in total. The zero-order valence-corrected chi connectivity index (χ0v) is 11.4. The van der Waals surface area contributed by atoms with Crippen LogP contribution in [0.3, 0.4) is 0 Å². The lowest BCUT2D eigenvalue weighted by atomic mass is 10.1. The number of rotatable bonds is 5. The van der Waals surface area contributed by atoms with E-state index < -0.39 is 10.0 Å². The maximum absolute atomic E-state index is 12.2. The van der Waals surface area contributed by atoms with Gasteiger partial charge in [0, 0.05) is 13.6 Å². The van der Waals surface area contributed by atoms with Gasteiger partial charge in [-0.05, 0) is 38.3 Å². The lowest BCUT2D eigenvalue weighted by molar-refractivity contribution is 0.406. The van der Waals surface area contributed by atoms with Gasteiger partial charge in [0.25, 0.3) is 0 Å². The van der Waals surface area contributed by atoms with Crippen LogP contribution in [0.4, 0.5) is 0 Å². The van der Waals surface area contributed by atoms with Crippen LogP contribution < -0.4 is 5.32 Å². The van der Waals surface area contributed by atoms with Crippen molar-refractivity contribution in [3.8, 4) is 0 Å². The van der Waals surface area contributed by atoms with Crippen LogP contribution in [0.5, 0.6) is 0 Å². The minimum atomic E-state index is -3.06. The van der Waals surface area contributed by atoms with Crippen LogP contribution in [0.15, 0.2) is 0 Å². The molecule has 0 unspecified atom stereocenters. The second-order valence-corrected chi connectivity index (χ2v) is 7.32. The molecule has 5 heteroatoms. The van der Waals surface area contributed by atoms with Gasteiger partial charge in [-0.3, -0.25) is 0 Å². The molecule has 16 heavy (non-hydrogen) atoms. The molecule has 96 valence electrons. The minimum Gasteiger partial charge on any atom is -0.317 e. The highest BCUT2D eigenvalue weighted by Gasteiger charge is 2.30. The fraction of sp³-hybridized carbons (Fsp3) is 1.00. The number of nitrogens with one attached hydrogen (secondary N) is 1. The summed E-state index contributed by atoms with van der Waals surface area (Å²) in [6.07, 6.45) is 2.42. The average molecular weight is 248 g/mol. The number of nitrogens with zero attached hydrogens (tertiary/aromatic N) is 1. The summed E-state index contributed by atoms with van der Waals surface area (Å²) in [5.74, 6) is 0.547. The first-order chi connectivity index (χ1) is 7.44. The number of hydrogen-bond acceptors (Lipinski definition) is 3. The average Bonchev–Trinajstić information content (AvgIpc) is 2.27. The van der Waals surface area contributed by atoms with E-state index in [1.807, 2.05) is 0 Å². The molecule has 1 heterocycles. The summed E-state index contributed by atoms with van der Waals surface area (Å²) < 4.78 is 25.9. The van der Waals surface area contributed by atoms with Crippen molar-refractivity contribution < 1.29 is 8.42 Å². The summed E-state index contributed by atoms with van der Waals surface area (Å²) in [4.78, 5) is 0. The molecule has 0 aromatic rings. The minimum absolute atomic E-state index is 0.175. The van der Waals surface area contributed by atoms with Crippen molar-refractivity contribution >= 4 is 10.0 Å². The Morgan fingerprint density at radius 2 is 1.88 bits per heavy atom. The van der Waals surface area contributed by atoms with Crippen LogP contribution in [-0.2, 0) is 10.0 Å². The van der Waals surface area contributed by atoms with E-state index in [4.69, 9.17) is 0 Å². The zero-order chi connectivity index (χ0) is 12.2. The smallest absolute Gasteiger partial charge is 0.216 e. The molecule has 0 saturated carbocycles. The van der Waals surface area contributed by atoms with Gasteiger partial charge in [0.1, 0.15) is 0 Å². The van der Waals surface area contributed by atoms with Crippen molar-refractivity contribution in [2.45, 2.75) is 38.4 Å². The predicted molar refractivity (Wildman–Crippen MR) is 66.9 cm³/mol. The number of piperidine rings is 1. The molecular weight excluding hydrogens is 224 g/mol. The zero-order valence-electron chi connectivity index (χ0n) is 10.6. The molecule has 0 atom stereocenters. The first-order valence-electron chi connectivity index (χ1n) is 6.10. The highest BCUT2D eigenvalue weighted by molar-refractivity contribution is 7.89. The lowest BCUT2D eigenvalue weighted by Gasteiger charge is -2.27. The first-order valence-corrected chi connectivity index (χ1v) is 7.60. The van der Waals surface area contributed by atoms with Crippen molar-refractivity contribution in [1.82, 2.24) is 9.62 Å². The van der Waals surface area contributed by atoms with E-state index in [1.54, 1.807) is 11.4 Å². The van der Waals surface area contributed by atoms with Gasteiger partial charge in [-0.15, -0.1) is 0 Å². The maximum Gasteiger partial charge on any atom is 0.216 e. The maximum atomic E-state index is 12.2. The van der Waals surface area contributed by atoms with Crippen LogP contribution in [0.25, 0.3) is 0 Å². The summed E-state index contributed by atoms with van der Waals surface area (Å²) in [6.45, 7) is 6.52. The van der Waals surface area contributed by atoms with Crippen LogP contribution in [0, 0.1) is 5.92 Å². The van der Waals surface area contributed by atoms with E-state index in [2.05, 4.69) is 19.2 Å². The van der Waals surface area contributed by atoms with Crippen LogP contribution in [0.1, 0.15) is 33.1 Å².